The van der Waals surface area contributed by atoms with Crippen LogP contribution >= 0.6 is 11.6 Å². The molecule has 1 heterocycles. The van der Waals surface area contributed by atoms with Crippen LogP contribution in [0.2, 0.25) is 5.02 Å². The van der Waals surface area contributed by atoms with Crippen molar-refractivity contribution in [2.75, 3.05) is 26.2 Å². The Bertz CT molecular complexity index is 668. The van der Waals surface area contributed by atoms with Crippen LogP contribution in [0.4, 0.5) is 5.69 Å². The topological polar surface area (TPSA) is 119 Å². The van der Waals surface area contributed by atoms with E-state index in [4.69, 9.17) is 17.3 Å². The monoisotopic (exact) mass is 368 g/mol. The maximum absolute atomic E-state index is 12.5. The Balaban J connectivity index is 1.98. The van der Waals surface area contributed by atoms with Crippen molar-refractivity contribution in [3.05, 3.63) is 38.9 Å². The molecule has 1 fully saturated rings. The van der Waals surface area contributed by atoms with Gasteiger partial charge in [-0.3, -0.25) is 19.7 Å². The van der Waals surface area contributed by atoms with Gasteiger partial charge in [-0.05, 0) is 18.4 Å². The Morgan fingerprint density at radius 3 is 2.84 bits per heavy atom. The number of hydrogen-bond donors (Lipinski definition) is 2. The summed E-state index contributed by atoms with van der Waals surface area (Å²) >= 11 is 6.04. The smallest absolute Gasteiger partial charge is 0.270 e. The fourth-order valence-corrected chi connectivity index (χ4v) is 3.07. The maximum atomic E-state index is 12.5. The predicted octanol–water partition coefficient (Wildman–Crippen LogP) is 1.10. The minimum absolute atomic E-state index is 0.0496. The highest BCUT2D eigenvalue weighted by Crippen LogP contribution is 2.24. The zero-order valence-corrected chi connectivity index (χ0v) is 14.5. The first-order chi connectivity index (χ1) is 11.9. The number of nitro benzene ring substituents is 1. The summed E-state index contributed by atoms with van der Waals surface area (Å²) in [6, 6.07) is 4.06. The Hall–Kier alpha value is -2.19. The van der Waals surface area contributed by atoms with E-state index in [2.05, 4.69) is 5.32 Å². The third kappa shape index (κ3) is 5.14. The normalized spacial score (nSPS) is 17.2. The lowest BCUT2D eigenvalue weighted by molar-refractivity contribution is -0.384. The molecule has 1 aliphatic heterocycles. The number of nitro groups is 1. The number of non-ortho nitro benzene ring substituents is 1. The van der Waals surface area contributed by atoms with Crippen LogP contribution in [0.1, 0.15) is 18.4 Å². The second-order valence-electron chi connectivity index (χ2n) is 5.97. The van der Waals surface area contributed by atoms with E-state index >= 15 is 0 Å². The molecule has 0 aromatic heterocycles. The summed E-state index contributed by atoms with van der Waals surface area (Å²) in [4.78, 5) is 36.4. The Labute approximate surface area is 150 Å². The van der Waals surface area contributed by atoms with E-state index in [0.717, 1.165) is 12.8 Å². The van der Waals surface area contributed by atoms with Crippen molar-refractivity contribution in [1.82, 2.24) is 10.2 Å². The largest absolute Gasteiger partial charge is 0.355 e. The van der Waals surface area contributed by atoms with Crippen molar-refractivity contribution >= 4 is 29.1 Å². The molecule has 0 radical (unpaired) electrons. The number of benzene rings is 1. The second-order valence-corrected chi connectivity index (χ2v) is 6.38. The molecule has 136 valence electrons. The molecule has 8 nitrogen and oxygen atoms in total. The van der Waals surface area contributed by atoms with Crippen molar-refractivity contribution in [3.8, 4) is 0 Å². The standard InChI is InChI=1S/C16H21ClN4O4/c17-14-9-13(21(24)25)4-3-11(14)8-15(22)20-7-1-2-12(10-20)16(23)19-6-5-18/h3-4,9,12H,1-2,5-8,10,18H2,(H,19,23). The van der Waals surface area contributed by atoms with Gasteiger partial charge in [0.25, 0.3) is 5.69 Å². The van der Waals surface area contributed by atoms with Crippen molar-refractivity contribution in [2.24, 2.45) is 11.7 Å². The molecule has 0 saturated carbocycles. The van der Waals surface area contributed by atoms with Crippen molar-refractivity contribution in [1.29, 1.82) is 0 Å². The third-order valence-corrected chi connectivity index (χ3v) is 4.53. The number of halogens is 1. The molecule has 2 amide bonds. The quantitative estimate of drug-likeness (QED) is 0.575. The van der Waals surface area contributed by atoms with E-state index in [1.54, 1.807) is 4.90 Å². The Kier molecular flexibility index (Phi) is 6.72. The minimum Gasteiger partial charge on any atom is -0.355 e. The average Bonchev–Trinajstić information content (AvgIpc) is 2.61. The van der Waals surface area contributed by atoms with Crippen molar-refractivity contribution in [3.63, 3.8) is 0 Å². The molecule has 0 aliphatic carbocycles. The van der Waals surface area contributed by atoms with Crippen LogP contribution in [0, 0.1) is 16.0 Å². The SMILES string of the molecule is NCCNC(=O)C1CCCN(C(=O)Cc2ccc([N+](=O)[O-])cc2Cl)C1. The number of hydrogen-bond acceptors (Lipinski definition) is 5. The van der Waals surface area contributed by atoms with Gasteiger partial charge >= 0.3 is 0 Å². The number of nitrogens with two attached hydrogens (primary N) is 1. The number of carbonyl (C=O) groups excluding carboxylic acids is 2. The van der Waals surface area contributed by atoms with Crippen molar-refractivity contribution < 1.29 is 14.5 Å². The maximum Gasteiger partial charge on any atom is 0.270 e. The molecule has 0 bridgehead atoms. The van der Waals surface area contributed by atoms with Crippen LogP contribution in [0.15, 0.2) is 18.2 Å². The lowest BCUT2D eigenvalue weighted by Crippen LogP contribution is -2.46. The van der Waals surface area contributed by atoms with Gasteiger partial charge < -0.3 is 16.0 Å². The van der Waals surface area contributed by atoms with E-state index in [1.807, 2.05) is 0 Å². The Morgan fingerprint density at radius 2 is 2.20 bits per heavy atom. The number of amides is 2. The third-order valence-electron chi connectivity index (χ3n) is 4.18. The fraction of sp³-hybridized carbons (Fsp3) is 0.500. The van der Waals surface area contributed by atoms with Crippen molar-refractivity contribution in [2.45, 2.75) is 19.3 Å². The molecule has 0 spiro atoms. The zero-order valence-electron chi connectivity index (χ0n) is 13.7. The minimum atomic E-state index is -0.535. The number of carbonyl (C=O) groups is 2. The average molecular weight is 369 g/mol. The first kappa shape index (κ1) is 19.1. The fourth-order valence-electron chi connectivity index (χ4n) is 2.83. The van der Waals surface area contributed by atoms with Crippen LogP contribution in [-0.4, -0.2) is 47.8 Å². The van der Waals surface area contributed by atoms with Gasteiger partial charge in [0.2, 0.25) is 11.8 Å². The van der Waals surface area contributed by atoms with E-state index in [1.165, 1.54) is 18.2 Å². The van der Waals surface area contributed by atoms with Gasteiger partial charge in [0.1, 0.15) is 0 Å². The number of nitrogens with zero attached hydrogens (tertiary/aromatic N) is 2. The molecule has 1 unspecified atom stereocenters. The number of likely N-dealkylation sites (tertiary alicyclic amines) is 1. The van der Waals surface area contributed by atoms with Crippen LogP contribution in [-0.2, 0) is 16.0 Å². The first-order valence-corrected chi connectivity index (χ1v) is 8.48. The van der Waals surface area contributed by atoms with E-state index < -0.39 is 4.92 Å². The molecule has 1 saturated heterocycles. The molecule has 1 aromatic carbocycles. The van der Waals surface area contributed by atoms with Gasteiger partial charge in [-0.2, -0.15) is 0 Å². The summed E-state index contributed by atoms with van der Waals surface area (Å²) in [7, 11) is 0. The van der Waals surface area contributed by atoms with Gasteiger partial charge in [0.05, 0.1) is 22.3 Å². The molecule has 1 atom stereocenters. The molecule has 1 aromatic rings. The first-order valence-electron chi connectivity index (χ1n) is 8.10. The lowest BCUT2D eigenvalue weighted by atomic mass is 9.96. The molecule has 25 heavy (non-hydrogen) atoms. The molecular formula is C16H21ClN4O4. The molecule has 9 heteroatoms. The van der Waals surface area contributed by atoms with Crippen LogP contribution in [0.25, 0.3) is 0 Å². The second kappa shape index (κ2) is 8.77. The molecular weight excluding hydrogens is 348 g/mol. The molecule has 2 rings (SSSR count). The summed E-state index contributed by atoms with van der Waals surface area (Å²) in [6.07, 6.45) is 1.53. The summed E-state index contributed by atoms with van der Waals surface area (Å²) < 4.78 is 0. The van der Waals surface area contributed by atoms with Gasteiger partial charge in [0.15, 0.2) is 0 Å². The number of nitrogens with one attached hydrogen (secondary N) is 1. The van der Waals surface area contributed by atoms with Crippen LogP contribution in [0.3, 0.4) is 0 Å². The summed E-state index contributed by atoms with van der Waals surface area (Å²) in [5.41, 5.74) is 5.80. The number of rotatable bonds is 6. The zero-order chi connectivity index (χ0) is 18.4. The summed E-state index contributed by atoms with van der Waals surface area (Å²) in [5.74, 6) is -0.472. The highest BCUT2D eigenvalue weighted by molar-refractivity contribution is 6.31. The van der Waals surface area contributed by atoms with Gasteiger partial charge in [0, 0.05) is 38.3 Å². The highest BCUT2D eigenvalue weighted by atomic mass is 35.5. The highest BCUT2D eigenvalue weighted by Gasteiger charge is 2.28. The van der Waals surface area contributed by atoms with Gasteiger partial charge in [-0.15, -0.1) is 0 Å². The lowest BCUT2D eigenvalue weighted by Gasteiger charge is -2.32. The molecule has 3 N–H and O–H groups in total. The molecule has 1 aliphatic rings. The van der Waals surface area contributed by atoms with Gasteiger partial charge in [-0.1, -0.05) is 17.7 Å². The van der Waals surface area contributed by atoms with Crippen LogP contribution in [0.5, 0.6) is 0 Å². The van der Waals surface area contributed by atoms with E-state index in [9.17, 15) is 19.7 Å². The summed E-state index contributed by atoms with van der Waals surface area (Å²) in [6.45, 7) is 1.74. The van der Waals surface area contributed by atoms with E-state index in [-0.39, 0.29) is 34.9 Å². The van der Waals surface area contributed by atoms with Gasteiger partial charge in [-0.25, -0.2) is 0 Å². The van der Waals surface area contributed by atoms with E-state index in [0.29, 0.717) is 31.7 Å². The van der Waals surface area contributed by atoms with Crippen LogP contribution < -0.4 is 11.1 Å². The number of piperidine rings is 1. The summed E-state index contributed by atoms with van der Waals surface area (Å²) in [5, 5.41) is 13.7. The Morgan fingerprint density at radius 1 is 1.44 bits per heavy atom. The predicted molar refractivity (Wildman–Crippen MR) is 93.2 cm³/mol.